The number of aliphatic hydroxyl groups excluding tert-OH is 4. The SMILES string of the molecule is CC(O)C(=O)O.CCC(=O)OC[C@@H](O)[C@H](O)CO.c1c[nH]cn1. The third-order valence-electron chi connectivity index (χ3n) is 2.10. The number of carbonyl (C=O) groups excluding carboxylic acids is 1. The highest BCUT2D eigenvalue weighted by molar-refractivity contribution is 5.71. The third kappa shape index (κ3) is 16.2. The Bertz CT molecular complexity index is 379. The van der Waals surface area contributed by atoms with Gasteiger partial charge in [0.1, 0.15) is 24.9 Å². The smallest absolute Gasteiger partial charge is 0.332 e. The molecule has 134 valence electrons. The lowest BCUT2D eigenvalue weighted by molar-refractivity contribution is -0.149. The average molecular weight is 336 g/mol. The Kier molecular flexibility index (Phi) is 15.1. The van der Waals surface area contributed by atoms with Gasteiger partial charge in [0.15, 0.2) is 0 Å². The Morgan fingerprint density at radius 1 is 1.26 bits per heavy atom. The molecular weight excluding hydrogens is 312 g/mol. The molecule has 0 aliphatic heterocycles. The number of aliphatic carboxylic acids is 1. The molecule has 0 amide bonds. The lowest BCUT2D eigenvalue weighted by Crippen LogP contribution is -2.34. The Hall–Kier alpha value is -2.01. The van der Waals surface area contributed by atoms with Crippen molar-refractivity contribution >= 4 is 11.9 Å². The first-order valence-corrected chi connectivity index (χ1v) is 6.72. The molecule has 1 aromatic rings. The van der Waals surface area contributed by atoms with Gasteiger partial charge < -0.3 is 35.3 Å². The van der Waals surface area contributed by atoms with Gasteiger partial charge in [0, 0.05) is 18.8 Å². The summed E-state index contributed by atoms with van der Waals surface area (Å²) in [6, 6.07) is 0. The minimum Gasteiger partial charge on any atom is -0.479 e. The summed E-state index contributed by atoms with van der Waals surface area (Å²) in [6.07, 6.45) is 1.60. The van der Waals surface area contributed by atoms with Crippen LogP contribution in [0.25, 0.3) is 0 Å². The van der Waals surface area contributed by atoms with E-state index >= 15 is 0 Å². The van der Waals surface area contributed by atoms with Gasteiger partial charge in [0.25, 0.3) is 0 Å². The second-order valence-corrected chi connectivity index (χ2v) is 4.13. The number of carboxylic acid groups (broad SMARTS) is 1. The van der Waals surface area contributed by atoms with E-state index in [1.807, 2.05) is 0 Å². The normalized spacial score (nSPS) is 13.3. The van der Waals surface area contributed by atoms with Gasteiger partial charge in [-0.3, -0.25) is 4.79 Å². The van der Waals surface area contributed by atoms with Gasteiger partial charge in [-0.15, -0.1) is 0 Å². The van der Waals surface area contributed by atoms with Crippen molar-refractivity contribution < 1.29 is 39.9 Å². The van der Waals surface area contributed by atoms with Crippen molar-refractivity contribution in [1.82, 2.24) is 9.97 Å². The van der Waals surface area contributed by atoms with Crippen LogP contribution in [0.15, 0.2) is 18.7 Å². The molecule has 23 heavy (non-hydrogen) atoms. The number of carbonyl (C=O) groups is 2. The van der Waals surface area contributed by atoms with Crippen molar-refractivity contribution in [3.63, 3.8) is 0 Å². The minimum atomic E-state index is -1.25. The molecule has 10 heteroatoms. The second kappa shape index (κ2) is 14.9. The quantitative estimate of drug-likeness (QED) is 0.338. The number of carboxylic acids is 1. The highest BCUT2D eigenvalue weighted by Crippen LogP contribution is 1.94. The van der Waals surface area contributed by atoms with E-state index in [0.717, 1.165) is 0 Å². The lowest BCUT2D eigenvalue weighted by atomic mass is 10.2. The molecule has 0 fully saturated rings. The summed E-state index contributed by atoms with van der Waals surface area (Å²) in [4.78, 5) is 26.4. The van der Waals surface area contributed by atoms with Gasteiger partial charge >= 0.3 is 11.9 Å². The number of aromatic amines is 1. The Balaban J connectivity index is 0. The zero-order chi connectivity index (χ0) is 18.3. The number of imidazole rings is 1. The van der Waals surface area contributed by atoms with Crippen molar-refractivity contribution in [1.29, 1.82) is 0 Å². The van der Waals surface area contributed by atoms with Crippen LogP contribution in [0.1, 0.15) is 20.3 Å². The Labute approximate surface area is 133 Å². The molecule has 0 aromatic carbocycles. The number of H-pyrrole nitrogens is 1. The predicted molar refractivity (Wildman–Crippen MR) is 78.3 cm³/mol. The number of hydrogen-bond acceptors (Lipinski definition) is 8. The van der Waals surface area contributed by atoms with Crippen LogP contribution in [-0.2, 0) is 14.3 Å². The van der Waals surface area contributed by atoms with E-state index in [1.165, 1.54) is 6.92 Å². The topological polar surface area (TPSA) is 173 Å². The van der Waals surface area contributed by atoms with Crippen LogP contribution >= 0.6 is 0 Å². The van der Waals surface area contributed by atoms with E-state index in [-0.39, 0.29) is 13.0 Å². The van der Waals surface area contributed by atoms with Crippen LogP contribution in [0.5, 0.6) is 0 Å². The van der Waals surface area contributed by atoms with E-state index in [4.69, 9.17) is 25.5 Å². The first kappa shape index (κ1) is 23.3. The third-order valence-corrected chi connectivity index (χ3v) is 2.10. The fourth-order valence-corrected chi connectivity index (χ4v) is 0.728. The number of nitrogens with zero attached hydrogens (tertiary/aromatic N) is 1. The van der Waals surface area contributed by atoms with Crippen molar-refractivity contribution in [3.8, 4) is 0 Å². The van der Waals surface area contributed by atoms with Crippen LogP contribution in [0.3, 0.4) is 0 Å². The van der Waals surface area contributed by atoms with Gasteiger partial charge in [-0.25, -0.2) is 9.78 Å². The molecule has 0 aliphatic rings. The zero-order valence-electron chi connectivity index (χ0n) is 13.0. The lowest BCUT2D eigenvalue weighted by Gasteiger charge is -2.14. The molecule has 0 spiro atoms. The van der Waals surface area contributed by atoms with E-state index in [9.17, 15) is 9.59 Å². The maximum Gasteiger partial charge on any atom is 0.332 e. The molecular formula is C13H24N2O8. The van der Waals surface area contributed by atoms with Crippen molar-refractivity contribution in [2.24, 2.45) is 0 Å². The van der Waals surface area contributed by atoms with Gasteiger partial charge in [0.05, 0.1) is 12.9 Å². The standard InChI is InChI=1S/C7H14O5.C3H4N2.C3H6O3/c1-2-7(11)12-4-6(10)5(9)3-8;1-2-5-3-4-1;1-2(4)3(5)6/h5-6,8-10H,2-4H2,1H3;1-3H,(H,4,5);2,4H,1H3,(H,5,6)/t5-,6-;;/m1../s1. The molecule has 0 bridgehead atoms. The summed E-state index contributed by atoms with van der Waals surface area (Å²) in [6.45, 7) is 1.98. The molecule has 0 saturated heterocycles. The second-order valence-electron chi connectivity index (χ2n) is 4.13. The highest BCUT2D eigenvalue weighted by atomic mass is 16.5. The van der Waals surface area contributed by atoms with Crippen LogP contribution in [-0.4, -0.2) is 79.0 Å². The van der Waals surface area contributed by atoms with Crippen LogP contribution in [0.4, 0.5) is 0 Å². The predicted octanol–water partition coefficient (Wildman–Crippen LogP) is -1.48. The molecule has 10 nitrogen and oxygen atoms in total. The van der Waals surface area contributed by atoms with Gasteiger partial charge in [-0.1, -0.05) is 6.92 Å². The number of aromatic nitrogens is 2. The molecule has 0 saturated carbocycles. The van der Waals surface area contributed by atoms with Crippen LogP contribution in [0.2, 0.25) is 0 Å². The molecule has 6 N–H and O–H groups in total. The van der Waals surface area contributed by atoms with E-state index in [1.54, 1.807) is 25.6 Å². The summed E-state index contributed by atoms with van der Waals surface area (Å²) in [5.74, 6) is -1.63. The van der Waals surface area contributed by atoms with E-state index < -0.39 is 36.9 Å². The summed E-state index contributed by atoms with van der Waals surface area (Å²) in [5, 5.41) is 41.9. The van der Waals surface area contributed by atoms with E-state index in [2.05, 4.69) is 14.7 Å². The minimum absolute atomic E-state index is 0.224. The number of rotatable bonds is 6. The summed E-state index contributed by atoms with van der Waals surface area (Å²) >= 11 is 0. The molecule has 0 radical (unpaired) electrons. The zero-order valence-corrected chi connectivity index (χ0v) is 13.0. The monoisotopic (exact) mass is 336 g/mol. The summed E-state index contributed by atoms with van der Waals surface area (Å²) in [7, 11) is 0. The number of hydrogen-bond donors (Lipinski definition) is 6. The molecule has 1 aromatic heterocycles. The first-order chi connectivity index (χ1) is 10.8. The number of nitrogens with one attached hydrogen (secondary N) is 1. The van der Waals surface area contributed by atoms with Crippen LogP contribution < -0.4 is 0 Å². The number of ether oxygens (including phenoxy) is 1. The van der Waals surface area contributed by atoms with Crippen LogP contribution in [0, 0.1) is 0 Å². The van der Waals surface area contributed by atoms with Crippen molar-refractivity contribution in [2.45, 2.75) is 38.6 Å². The molecule has 1 rings (SSSR count). The van der Waals surface area contributed by atoms with Crippen molar-refractivity contribution in [2.75, 3.05) is 13.2 Å². The van der Waals surface area contributed by atoms with E-state index in [0.29, 0.717) is 0 Å². The highest BCUT2D eigenvalue weighted by Gasteiger charge is 2.16. The van der Waals surface area contributed by atoms with Gasteiger partial charge in [0.2, 0.25) is 0 Å². The Morgan fingerprint density at radius 3 is 2.09 bits per heavy atom. The molecule has 3 atom stereocenters. The largest absolute Gasteiger partial charge is 0.479 e. The first-order valence-electron chi connectivity index (χ1n) is 6.72. The number of aliphatic hydroxyl groups is 4. The molecule has 1 unspecified atom stereocenters. The van der Waals surface area contributed by atoms with Gasteiger partial charge in [-0.2, -0.15) is 0 Å². The van der Waals surface area contributed by atoms with Crippen molar-refractivity contribution in [3.05, 3.63) is 18.7 Å². The fraction of sp³-hybridized carbons (Fsp3) is 0.615. The maximum absolute atomic E-state index is 10.5. The maximum atomic E-state index is 10.5. The number of esters is 1. The summed E-state index contributed by atoms with van der Waals surface area (Å²) < 4.78 is 4.52. The molecule has 0 aliphatic carbocycles. The average Bonchev–Trinajstić information content (AvgIpc) is 3.11. The van der Waals surface area contributed by atoms with Gasteiger partial charge in [-0.05, 0) is 6.92 Å². The molecule has 1 heterocycles. The Morgan fingerprint density at radius 2 is 1.83 bits per heavy atom. The fourth-order valence-electron chi connectivity index (χ4n) is 0.728. The summed E-state index contributed by atoms with van der Waals surface area (Å²) in [5.41, 5.74) is 0.